The molecule has 4 N–H and O–H groups in total. The molecule has 148 valence electrons. The third-order valence-corrected chi connectivity index (χ3v) is 4.55. The molecule has 0 saturated carbocycles. The van der Waals surface area contributed by atoms with E-state index >= 15 is 0 Å². The van der Waals surface area contributed by atoms with Crippen LogP contribution in [0.4, 0.5) is 18.9 Å². The fourth-order valence-electron chi connectivity index (χ4n) is 3.11. The van der Waals surface area contributed by atoms with Gasteiger partial charge in [0.1, 0.15) is 17.5 Å². The molecule has 1 heterocycles. The van der Waals surface area contributed by atoms with E-state index in [9.17, 15) is 13.2 Å². The Kier molecular flexibility index (Phi) is 6.48. The van der Waals surface area contributed by atoms with Crippen molar-refractivity contribution in [2.75, 3.05) is 18.0 Å². The Morgan fingerprint density at radius 3 is 2.82 bits per heavy atom. The lowest BCUT2D eigenvalue weighted by Gasteiger charge is -2.20. The average Bonchev–Trinajstić information content (AvgIpc) is 3.11. The number of rotatable bonds is 6. The van der Waals surface area contributed by atoms with Crippen LogP contribution in [0.3, 0.4) is 0 Å². The highest BCUT2D eigenvalue weighted by Gasteiger charge is 2.25. The molecule has 0 spiro atoms. The highest BCUT2D eigenvalue weighted by Crippen LogP contribution is 2.26. The minimum Gasteiger partial charge on any atom is -0.375 e. The second kappa shape index (κ2) is 9.03. The van der Waals surface area contributed by atoms with E-state index in [1.54, 1.807) is 11.0 Å². The zero-order chi connectivity index (χ0) is 20.1. The quantitative estimate of drug-likeness (QED) is 0.390. The van der Waals surface area contributed by atoms with Gasteiger partial charge in [-0.25, -0.2) is 13.2 Å². The molecule has 1 fully saturated rings. The molecule has 1 aliphatic heterocycles. The van der Waals surface area contributed by atoms with E-state index < -0.39 is 11.6 Å². The molecule has 1 saturated heterocycles. The summed E-state index contributed by atoms with van der Waals surface area (Å²) in [5.41, 5.74) is 8.55. The van der Waals surface area contributed by atoms with E-state index in [4.69, 9.17) is 5.73 Å². The van der Waals surface area contributed by atoms with E-state index in [-0.39, 0.29) is 28.2 Å². The summed E-state index contributed by atoms with van der Waals surface area (Å²) in [7, 11) is 0. The number of nitrogens with zero attached hydrogens (tertiary/aromatic N) is 2. The van der Waals surface area contributed by atoms with Crippen molar-refractivity contribution in [1.82, 2.24) is 10.7 Å². The first-order valence-corrected chi connectivity index (χ1v) is 9.13. The summed E-state index contributed by atoms with van der Waals surface area (Å²) in [6.07, 6.45) is 1.89. The topological polar surface area (TPSA) is 65.7 Å². The number of nitrogens with one attached hydrogen (secondary N) is 2. The third-order valence-electron chi connectivity index (χ3n) is 4.46. The zero-order valence-electron chi connectivity index (χ0n) is 15.0. The highest BCUT2D eigenvalue weighted by molar-refractivity contribution is 7.80. The molecule has 1 atom stereocenters. The molecule has 0 unspecified atom stereocenters. The van der Waals surface area contributed by atoms with E-state index in [2.05, 4.69) is 28.1 Å². The summed E-state index contributed by atoms with van der Waals surface area (Å²) < 4.78 is 42.0. The summed E-state index contributed by atoms with van der Waals surface area (Å²) >= 11 is 4.59. The monoisotopic (exact) mass is 407 g/mol. The van der Waals surface area contributed by atoms with Crippen LogP contribution >= 0.6 is 12.2 Å². The largest absolute Gasteiger partial charge is 0.375 e. The molecule has 0 aliphatic carbocycles. The smallest absolute Gasteiger partial charge is 0.184 e. The first-order chi connectivity index (χ1) is 13.4. The first-order valence-electron chi connectivity index (χ1n) is 8.72. The number of nitrogens with two attached hydrogens (primary N) is 1. The molecule has 5 nitrogen and oxygen atoms in total. The Labute approximate surface area is 166 Å². The van der Waals surface area contributed by atoms with Crippen LogP contribution in [0.5, 0.6) is 0 Å². The minimum atomic E-state index is -0.596. The van der Waals surface area contributed by atoms with Crippen LogP contribution in [0, 0.1) is 17.5 Å². The lowest BCUT2D eigenvalue weighted by atomic mass is 10.2. The summed E-state index contributed by atoms with van der Waals surface area (Å²) in [5.74, 6) is -1.41. The molecule has 0 amide bonds. The van der Waals surface area contributed by atoms with Crippen molar-refractivity contribution in [3.63, 3.8) is 0 Å². The van der Waals surface area contributed by atoms with E-state index in [1.165, 1.54) is 12.1 Å². The van der Waals surface area contributed by atoms with Gasteiger partial charge in [-0.15, -0.1) is 0 Å². The predicted octanol–water partition coefficient (Wildman–Crippen LogP) is 2.64. The van der Waals surface area contributed by atoms with Crippen LogP contribution in [0.15, 0.2) is 41.5 Å². The Hall–Kier alpha value is -2.65. The lowest BCUT2D eigenvalue weighted by Crippen LogP contribution is -2.32. The normalized spacial score (nSPS) is 16.7. The Morgan fingerprint density at radius 2 is 2.07 bits per heavy atom. The van der Waals surface area contributed by atoms with Crippen molar-refractivity contribution >= 4 is 29.2 Å². The number of benzene rings is 2. The van der Waals surface area contributed by atoms with Gasteiger partial charge >= 0.3 is 0 Å². The van der Waals surface area contributed by atoms with E-state index in [1.807, 2.05) is 6.07 Å². The van der Waals surface area contributed by atoms with Gasteiger partial charge in [0.2, 0.25) is 0 Å². The molecule has 9 heteroatoms. The van der Waals surface area contributed by atoms with Crippen molar-refractivity contribution < 1.29 is 13.2 Å². The summed E-state index contributed by atoms with van der Waals surface area (Å²) in [6.45, 7) is 1.63. The van der Waals surface area contributed by atoms with Crippen molar-refractivity contribution in [2.24, 2.45) is 10.8 Å². The number of hydrogen-bond acceptors (Lipinski definition) is 4. The molecule has 1 aliphatic rings. The molecule has 3 rings (SSSR count). The summed E-state index contributed by atoms with van der Waals surface area (Å²) in [6, 6.07) is 8.71. The first kappa shape index (κ1) is 20.1. The van der Waals surface area contributed by atoms with Gasteiger partial charge in [-0.05, 0) is 42.4 Å². The zero-order valence-corrected chi connectivity index (χ0v) is 15.8. The van der Waals surface area contributed by atoms with Crippen LogP contribution in [0.1, 0.15) is 17.5 Å². The second-order valence-corrected chi connectivity index (χ2v) is 6.94. The molecular weight excluding hydrogens is 387 g/mol. The van der Waals surface area contributed by atoms with Gasteiger partial charge in [0.05, 0.1) is 11.9 Å². The van der Waals surface area contributed by atoms with Gasteiger partial charge in [0, 0.05) is 37.3 Å². The number of thiocarbonyl (C=S) groups is 1. The van der Waals surface area contributed by atoms with Crippen LogP contribution < -0.4 is 21.4 Å². The van der Waals surface area contributed by atoms with Gasteiger partial charge in [-0.3, -0.25) is 5.43 Å². The third kappa shape index (κ3) is 5.20. The number of hydrogen-bond donors (Lipinski definition) is 3. The molecule has 0 aromatic heterocycles. The van der Waals surface area contributed by atoms with Gasteiger partial charge in [-0.1, -0.05) is 12.1 Å². The second-order valence-electron chi connectivity index (χ2n) is 6.50. The lowest BCUT2D eigenvalue weighted by molar-refractivity contribution is 0.546. The SMILES string of the molecule is NC(=S)NN=Cc1cc(F)c(N2CC[C@H](NCc3cccc(F)c3)C2)cc1F. The van der Waals surface area contributed by atoms with E-state index in [0.717, 1.165) is 30.3 Å². The highest BCUT2D eigenvalue weighted by atomic mass is 32.1. The molecular formula is C19H20F3N5S. The van der Waals surface area contributed by atoms with Crippen molar-refractivity contribution in [2.45, 2.75) is 19.0 Å². The Morgan fingerprint density at radius 1 is 1.25 bits per heavy atom. The van der Waals surface area contributed by atoms with Gasteiger partial charge in [0.25, 0.3) is 0 Å². The number of halogens is 3. The fraction of sp³-hybridized carbons (Fsp3) is 0.263. The standard InChI is InChI=1S/C19H20F3N5S/c20-14-3-1-2-12(6-14)9-24-15-4-5-27(11-15)18-8-16(21)13(7-17(18)22)10-25-26-19(23)28/h1-3,6-8,10,15,24H,4-5,9,11H2,(H3,23,26,28)/t15-/m0/s1. The molecule has 0 radical (unpaired) electrons. The van der Waals surface area contributed by atoms with Gasteiger partial charge in [-0.2, -0.15) is 5.10 Å². The molecule has 28 heavy (non-hydrogen) atoms. The molecule has 2 aromatic rings. The van der Waals surface area contributed by atoms with Gasteiger partial charge < -0.3 is 16.0 Å². The van der Waals surface area contributed by atoms with Gasteiger partial charge in [0.15, 0.2) is 5.11 Å². The predicted molar refractivity (Wildman–Crippen MR) is 108 cm³/mol. The number of anilines is 1. The van der Waals surface area contributed by atoms with Crippen LogP contribution in [0.25, 0.3) is 0 Å². The van der Waals surface area contributed by atoms with Crippen LogP contribution in [-0.4, -0.2) is 30.5 Å². The number of hydrazone groups is 1. The minimum absolute atomic E-state index is 0.00928. The maximum absolute atomic E-state index is 14.5. The van der Waals surface area contributed by atoms with Crippen molar-refractivity contribution in [3.05, 3.63) is 65.0 Å². The van der Waals surface area contributed by atoms with Crippen LogP contribution in [-0.2, 0) is 6.54 Å². The van der Waals surface area contributed by atoms with Crippen molar-refractivity contribution in [1.29, 1.82) is 0 Å². The maximum atomic E-state index is 14.5. The van der Waals surface area contributed by atoms with Crippen molar-refractivity contribution in [3.8, 4) is 0 Å². The Bertz CT molecular complexity index is 890. The van der Waals surface area contributed by atoms with Crippen LogP contribution in [0.2, 0.25) is 0 Å². The fourth-order valence-corrected chi connectivity index (χ4v) is 3.17. The Balaban J connectivity index is 1.62. The molecule has 2 aromatic carbocycles. The summed E-state index contributed by atoms with van der Waals surface area (Å²) in [5, 5.41) is 6.91. The summed E-state index contributed by atoms with van der Waals surface area (Å²) in [4.78, 5) is 1.79. The maximum Gasteiger partial charge on any atom is 0.184 e. The molecule has 0 bridgehead atoms. The van der Waals surface area contributed by atoms with E-state index in [0.29, 0.717) is 19.6 Å². The average molecular weight is 407 g/mol.